The Kier molecular flexibility index (Phi) is 1.37. The molecule has 1 nitrogen and oxygen atoms in total. The Morgan fingerprint density at radius 1 is 2.50 bits per heavy atom. The van der Waals surface area contributed by atoms with Gasteiger partial charge in [0.25, 0.3) is 0 Å². The van der Waals surface area contributed by atoms with Crippen molar-refractivity contribution in [3.05, 3.63) is 0 Å². The van der Waals surface area contributed by atoms with Gasteiger partial charge in [-0.2, -0.15) is 0 Å². The van der Waals surface area contributed by atoms with Gasteiger partial charge in [0.2, 0.25) is 0 Å². The van der Waals surface area contributed by atoms with Crippen LogP contribution in [0.5, 0.6) is 0 Å². The summed E-state index contributed by atoms with van der Waals surface area (Å²) in [6, 6.07) is 0. The van der Waals surface area contributed by atoms with Gasteiger partial charge in [-0.3, -0.25) is 0 Å². The molecule has 0 aromatic carbocycles. The fourth-order valence-corrected chi connectivity index (χ4v) is 0. The van der Waals surface area contributed by atoms with E-state index in [-0.39, 0.29) is 6.32 Å². The number of rotatable bonds is 1. The van der Waals surface area contributed by atoms with Crippen LogP contribution in [-0.4, -0.2) is 14.1 Å². The van der Waals surface area contributed by atoms with Crippen LogP contribution in [0.1, 0.15) is 1.37 Å². The third kappa shape index (κ3) is 1.73. The molecule has 0 N–H and O–H groups in total. The number of carbonyl (C=O) groups excluding carboxylic acids is 1. The summed E-state index contributed by atoms with van der Waals surface area (Å²) in [5, 5.41) is 0. The summed E-state index contributed by atoms with van der Waals surface area (Å²) in [5.41, 5.74) is 0. The minimum atomic E-state index is -0.718. The highest BCUT2D eigenvalue weighted by Crippen LogP contribution is 1.46. The Morgan fingerprint density at radius 2 is 2.75 bits per heavy atom. The topological polar surface area (TPSA) is 17.1 Å². The fraction of sp³-hybridized carbons (Fsp3) is 0.500. The largest absolute Gasteiger partial charge is 0.304 e. The zero-order chi connectivity index (χ0) is 4.28. The molecule has 0 aliphatic carbocycles. The summed E-state index contributed by atoms with van der Waals surface area (Å²) < 4.78 is 6.06. The molecule has 0 aliphatic heterocycles. The lowest BCUT2D eigenvalue weighted by molar-refractivity contribution is -0.106. The summed E-state index contributed by atoms with van der Waals surface area (Å²) in [6.45, 7) is 0. The molecule has 0 rings (SSSR count). The van der Waals surface area contributed by atoms with Crippen LogP contribution in [0.3, 0.4) is 0 Å². The van der Waals surface area contributed by atoms with E-state index in [2.05, 4.69) is 7.85 Å². The molecule has 20 valence electrons. The van der Waals surface area contributed by atoms with Crippen LogP contribution in [0.25, 0.3) is 0 Å². The van der Waals surface area contributed by atoms with E-state index >= 15 is 0 Å². The van der Waals surface area contributed by atoms with Gasteiger partial charge in [-0.05, 0) is 6.32 Å². The molecule has 0 amide bonds. The van der Waals surface area contributed by atoms with Gasteiger partial charge in [0.15, 0.2) is 0 Å². The predicted octanol–water partition coefficient (Wildman–Crippen LogP) is -0.228. The highest BCUT2D eigenvalue weighted by molar-refractivity contribution is 6.15. The van der Waals surface area contributed by atoms with Gasteiger partial charge < -0.3 is 4.79 Å². The van der Waals surface area contributed by atoms with E-state index in [1.165, 1.54) is 0 Å². The van der Waals surface area contributed by atoms with Crippen LogP contribution < -0.4 is 0 Å². The van der Waals surface area contributed by atoms with Crippen molar-refractivity contribution in [3.63, 3.8) is 0 Å². The molecule has 0 atom stereocenters. The monoisotopic (exact) mass is 55.0 g/mol. The molecule has 0 unspecified atom stereocenters. The van der Waals surface area contributed by atoms with E-state index in [0.29, 0.717) is 0 Å². The summed E-state index contributed by atoms with van der Waals surface area (Å²) in [6.07, 6.45) is -0.884. The molecule has 2 heteroatoms. The van der Waals surface area contributed by atoms with Crippen molar-refractivity contribution in [3.8, 4) is 0 Å². The van der Waals surface area contributed by atoms with Crippen LogP contribution in [0, 0.1) is 0 Å². The van der Waals surface area contributed by atoms with Gasteiger partial charge in [-0.1, -0.05) is 0 Å². The quantitative estimate of drug-likeness (QED) is 0.299. The fourth-order valence-electron chi connectivity index (χ4n) is 0. The zero-order valence-electron chi connectivity index (χ0n) is 3.19. The second-order valence-corrected chi connectivity index (χ2v) is 0.348. The molecular formula is C2H3BO. The SMILES string of the molecule is [2H]C(=O)C[B]. The van der Waals surface area contributed by atoms with E-state index in [4.69, 9.17) is 1.37 Å². The normalized spacial score (nSPS) is 9.50. The van der Waals surface area contributed by atoms with Crippen LogP contribution in [-0.2, 0) is 4.79 Å². The van der Waals surface area contributed by atoms with Gasteiger partial charge in [0.05, 0.1) is 7.85 Å². The molecule has 2 radical (unpaired) electrons. The first-order chi connectivity index (χ1) is 2.27. The lowest BCUT2D eigenvalue weighted by Gasteiger charge is -1.50. The second kappa shape index (κ2) is 2.73. The minimum absolute atomic E-state index is 0.167. The maximum Gasteiger partial charge on any atom is 0.111 e. The lowest BCUT2D eigenvalue weighted by Crippen LogP contribution is -1.61. The van der Waals surface area contributed by atoms with Crippen LogP contribution in [0.4, 0.5) is 0 Å². The number of aldehydes is 1. The predicted molar refractivity (Wildman–Crippen MR) is 16.6 cm³/mol. The summed E-state index contributed by atoms with van der Waals surface area (Å²) in [4.78, 5) is 9.35. The van der Waals surface area contributed by atoms with E-state index in [1.54, 1.807) is 0 Å². The Labute approximate surface area is 27.8 Å². The van der Waals surface area contributed by atoms with Gasteiger partial charge >= 0.3 is 0 Å². The molecule has 0 saturated carbocycles. The van der Waals surface area contributed by atoms with Crippen molar-refractivity contribution in [1.82, 2.24) is 0 Å². The van der Waals surface area contributed by atoms with Crippen LogP contribution >= 0.6 is 0 Å². The van der Waals surface area contributed by atoms with Crippen molar-refractivity contribution in [1.29, 1.82) is 0 Å². The number of hydrogen-bond donors (Lipinski definition) is 0. The minimum Gasteiger partial charge on any atom is -0.304 e. The van der Waals surface area contributed by atoms with E-state index in [1.807, 2.05) is 0 Å². The summed E-state index contributed by atoms with van der Waals surface area (Å²) >= 11 is 0. The van der Waals surface area contributed by atoms with E-state index in [9.17, 15) is 4.79 Å². The Hall–Kier alpha value is -0.265. The third-order valence-corrected chi connectivity index (χ3v) is 0.0833. The first-order valence-corrected chi connectivity index (χ1v) is 0.966. The Morgan fingerprint density at radius 3 is 2.75 bits per heavy atom. The van der Waals surface area contributed by atoms with Gasteiger partial charge in [0, 0.05) is 0 Å². The van der Waals surface area contributed by atoms with Crippen LogP contribution in [0.15, 0.2) is 0 Å². The van der Waals surface area contributed by atoms with Crippen molar-refractivity contribution < 1.29 is 6.17 Å². The van der Waals surface area contributed by atoms with E-state index < -0.39 is 6.26 Å². The molecule has 4 heavy (non-hydrogen) atoms. The van der Waals surface area contributed by atoms with Crippen molar-refractivity contribution >= 4 is 14.1 Å². The highest BCUT2D eigenvalue weighted by atomic mass is 16.1. The Balaban J connectivity index is 2.85. The molecule has 0 saturated heterocycles. The summed E-state index contributed by atoms with van der Waals surface area (Å²) in [7, 11) is 4.63. The molecule has 0 heterocycles. The van der Waals surface area contributed by atoms with Crippen molar-refractivity contribution in [2.75, 3.05) is 0 Å². The molecule has 0 aromatic heterocycles. The van der Waals surface area contributed by atoms with Gasteiger partial charge in [-0.25, -0.2) is 0 Å². The smallest absolute Gasteiger partial charge is 0.111 e. The molecule has 0 bridgehead atoms. The van der Waals surface area contributed by atoms with Gasteiger partial charge in [0.1, 0.15) is 7.63 Å². The molecular weight excluding hydrogens is 50.8 g/mol. The number of carbonyl (C=O) groups is 1. The molecule has 0 spiro atoms. The molecule has 0 aromatic rings. The van der Waals surface area contributed by atoms with Gasteiger partial charge in [-0.15, -0.1) is 0 Å². The maximum atomic E-state index is 9.35. The zero-order valence-corrected chi connectivity index (χ0v) is 2.19. The maximum absolute atomic E-state index is 9.35. The van der Waals surface area contributed by atoms with Crippen LogP contribution in [0.2, 0.25) is 6.32 Å². The second-order valence-electron chi connectivity index (χ2n) is 0.348. The van der Waals surface area contributed by atoms with Crippen molar-refractivity contribution in [2.24, 2.45) is 0 Å². The first kappa shape index (κ1) is 2.00. The summed E-state index contributed by atoms with van der Waals surface area (Å²) in [5.74, 6) is 0. The van der Waals surface area contributed by atoms with Crippen molar-refractivity contribution in [2.45, 2.75) is 6.32 Å². The third-order valence-electron chi connectivity index (χ3n) is 0.0833. The molecule has 0 fully saturated rings. The highest BCUT2D eigenvalue weighted by Gasteiger charge is 1.53. The Bertz CT molecular complexity index is 44.9. The average molecular weight is 54.9 g/mol. The lowest BCUT2D eigenvalue weighted by atomic mass is 10.1. The average Bonchev–Trinajstić information content (AvgIpc) is 1.38. The standard InChI is InChI=1S/C2H3BO/c3-1-2-4/h2H,1H2/i2D. The first-order valence-electron chi connectivity index (χ1n) is 1.47. The molecule has 0 aliphatic rings. The number of hydrogen-bond acceptors (Lipinski definition) is 1. The van der Waals surface area contributed by atoms with E-state index in [0.717, 1.165) is 0 Å².